The number of anilines is 1. The molecule has 0 aliphatic heterocycles. The Kier molecular flexibility index (Phi) is 4.90. The maximum atomic E-state index is 12.1. The molecule has 24 heavy (non-hydrogen) atoms. The zero-order valence-electron chi connectivity index (χ0n) is 13.6. The topological polar surface area (TPSA) is 65.1 Å². The zero-order chi connectivity index (χ0) is 16.9. The lowest BCUT2D eigenvalue weighted by Gasteiger charge is -2.24. The standard InChI is InChI=1S/C17H19N5OS/c1-21(2)16(23)12-22(13-7-4-3-5-8-13)11-15-18-17(20-19-15)14-9-6-10-24-14/h3-10H,11-12H2,1-2H3,(H,18,19,20). The van der Waals surface area contributed by atoms with E-state index >= 15 is 0 Å². The molecule has 0 aliphatic carbocycles. The summed E-state index contributed by atoms with van der Waals surface area (Å²) in [6.07, 6.45) is 0. The number of amides is 1. The number of carbonyl (C=O) groups is 1. The van der Waals surface area contributed by atoms with E-state index in [0.717, 1.165) is 16.4 Å². The lowest BCUT2D eigenvalue weighted by molar-refractivity contribution is -0.127. The van der Waals surface area contributed by atoms with Crippen molar-refractivity contribution < 1.29 is 4.79 Å². The smallest absolute Gasteiger partial charge is 0.241 e. The van der Waals surface area contributed by atoms with Gasteiger partial charge in [-0.05, 0) is 23.6 Å². The van der Waals surface area contributed by atoms with Gasteiger partial charge in [0.2, 0.25) is 5.91 Å². The molecule has 3 aromatic rings. The first-order valence-electron chi connectivity index (χ1n) is 7.59. The molecule has 3 rings (SSSR count). The quantitative estimate of drug-likeness (QED) is 0.748. The van der Waals surface area contributed by atoms with Crippen LogP contribution in [0.25, 0.3) is 10.7 Å². The molecule has 0 spiro atoms. The van der Waals surface area contributed by atoms with Crippen LogP contribution in [0.2, 0.25) is 0 Å². The highest BCUT2D eigenvalue weighted by molar-refractivity contribution is 7.13. The summed E-state index contributed by atoms with van der Waals surface area (Å²) in [5.41, 5.74) is 0.974. The molecule has 0 atom stereocenters. The summed E-state index contributed by atoms with van der Waals surface area (Å²) < 4.78 is 0. The molecule has 0 fully saturated rings. The lowest BCUT2D eigenvalue weighted by Crippen LogP contribution is -2.36. The van der Waals surface area contributed by atoms with Crippen LogP contribution in [0, 0.1) is 0 Å². The normalized spacial score (nSPS) is 10.6. The number of carbonyl (C=O) groups excluding carboxylic acids is 1. The van der Waals surface area contributed by atoms with Crippen LogP contribution in [0.15, 0.2) is 47.8 Å². The Labute approximate surface area is 144 Å². The Morgan fingerprint density at radius 3 is 2.62 bits per heavy atom. The Morgan fingerprint density at radius 2 is 1.96 bits per heavy atom. The van der Waals surface area contributed by atoms with Gasteiger partial charge in [0, 0.05) is 19.8 Å². The third-order valence-electron chi connectivity index (χ3n) is 3.56. The van der Waals surface area contributed by atoms with E-state index in [0.29, 0.717) is 12.4 Å². The number of aromatic amines is 1. The number of hydrogen-bond acceptors (Lipinski definition) is 5. The summed E-state index contributed by atoms with van der Waals surface area (Å²) in [4.78, 5) is 21.3. The average molecular weight is 341 g/mol. The molecule has 2 heterocycles. The number of benzene rings is 1. The molecular weight excluding hydrogens is 322 g/mol. The molecule has 0 saturated carbocycles. The molecule has 1 amide bonds. The summed E-state index contributed by atoms with van der Waals surface area (Å²) in [7, 11) is 3.52. The van der Waals surface area contributed by atoms with Crippen LogP contribution in [0.4, 0.5) is 5.69 Å². The SMILES string of the molecule is CN(C)C(=O)CN(Cc1nc(-c2cccs2)n[nH]1)c1ccccc1. The minimum atomic E-state index is 0.0387. The van der Waals surface area contributed by atoms with Crippen molar-refractivity contribution in [3.05, 3.63) is 53.7 Å². The fraction of sp³-hybridized carbons (Fsp3) is 0.235. The van der Waals surface area contributed by atoms with E-state index in [2.05, 4.69) is 15.2 Å². The number of nitrogens with one attached hydrogen (secondary N) is 1. The third kappa shape index (κ3) is 3.80. The molecule has 124 valence electrons. The number of H-pyrrole nitrogens is 1. The first kappa shape index (κ1) is 16.2. The Hall–Kier alpha value is -2.67. The van der Waals surface area contributed by atoms with Crippen LogP contribution in [0.5, 0.6) is 0 Å². The van der Waals surface area contributed by atoms with Crippen LogP contribution in [-0.4, -0.2) is 46.6 Å². The number of para-hydroxylation sites is 1. The average Bonchev–Trinajstić information content (AvgIpc) is 3.26. The van der Waals surface area contributed by atoms with E-state index < -0.39 is 0 Å². The predicted molar refractivity (Wildman–Crippen MR) is 95.9 cm³/mol. The maximum Gasteiger partial charge on any atom is 0.241 e. The number of aromatic nitrogens is 3. The molecule has 1 N–H and O–H groups in total. The molecular formula is C17H19N5OS. The molecule has 2 aromatic heterocycles. The number of likely N-dealkylation sites (N-methyl/N-ethyl adjacent to an activating group) is 1. The van der Waals surface area contributed by atoms with Gasteiger partial charge in [0.1, 0.15) is 5.82 Å². The van der Waals surface area contributed by atoms with Crippen LogP contribution in [-0.2, 0) is 11.3 Å². The Morgan fingerprint density at radius 1 is 1.17 bits per heavy atom. The van der Waals surface area contributed by atoms with Crippen molar-refractivity contribution in [1.29, 1.82) is 0 Å². The summed E-state index contributed by atoms with van der Waals surface area (Å²) >= 11 is 1.60. The van der Waals surface area contributed by atoms with Gasteiger partial charge in [-0.25, -0.2) is 4.98 Å². The third-order valence-corrected chi connectivity index (χ3v) is 4.43. The van der Waals surface area contributed by atoms with E-state index in [1.165, 1.54) is 0 Å². The molecule has 0 radical (unpaired) electrons. The van der Waals surface area contributed by atoms with Gasteiger partial charge < -0.3 is 9.80 Å². The number of rotatable bonds is 6. The fourth-order valence-corrected chi connectivity index (χ4v) is 2.90. The van der Waals surface area contributed by atoms with Gasteiger partial charge in [0.15, 0.2) is 5.82 Å². The fourth-order valence-electron chi connectivity index (χ4n) is 2.24. The molecule has 7 heteroatoms. The second kappa shape index (κ2) is 7.27. The minimum absolute atomic E-state index is 0.0387. The number of hydrogen-bond donors (Lipinski definition) is 1. The second-order valence-electron chi connectivity index (χ2n) is 5.56. The monoisotopic (exact) mass is 341 g/mol. The predicted octanol–water partition coefficient (Wildman–Crippen LogP) is 2.63. The first-order valence-corrected chi connectivity index (χ1v) is 8.47. The lowest BCUT2D eigenvalue weighted by atomic mass is 10.2. The van der Waals surface area contributed by atoms with Gasteiger partial charge in [-0.15, -0.1) is 11.3 Å². The van der Waals surface area contributed by atoms with E-state index in [-0.39, 0.29) is 12.5 Å². The van der Waals surface area contributed by atoms with Gasteiger partial charge in [-0.2, -0.15) is 5.10 Å². The molecule has 1 aromatic carbocycles. The van der Waals surface area contributed by atoms with Crippen molar-refractivity contribution >= 4 is 22.9 Å². The van der Waals surface area contributed by atoms with E-state index in [1.54, 1.807) is 30.3 Å². The van der Waals surface area contributed by atoms with E-state index in [1.807, 2.05) is 52.7 Å². The van der Waals surface area contributed by atoms with Crippen LogP contribution < -0.4 is 4.90 Å². The number of thiophene rings is 1. The minimum Gasteiger partial charge on any atom is -0.355 e. The summed E-state index contributed by atoms with van der Waals surface area (Å²) in [6.45, 7) is 0.772. The van der Waals surface area contributed by atoms with Crippen molar-refractivity contribution in [3.63, 3.8) is 0 Å². The van der Waals surface area contributed by atoms with Crippen LogP contribution >= 0.6 is 11.3 Å². The second-order valence-corrected chi connectivity index (χ2v) is 6.51. The largest absolute Gasteiger partial charge is 0.355 e. The van der Waals surface area contributed by atoms with Crippen LogP contribution in [0.3, 0.4) is 0 Å². The van der Waals surface area contributed by atoms with Crippen molar-refractivity contribution in [1.82, 2.24) is 20.1 Å². The highest BCUT2D eigenvalue weighted by atomic mass is 32.1. The van der Waals surface area contributed by atoms with Crippen LogP contribution in [0.1, 0.15) is 5.82 Å². The summed E-state index contributed by atoms with van der Waals surface area (Å²) in [5, 5.41) is 9.25. The van der Waals surface area contributed by atoms with Gasteiger partial charge in [0.25, 0.3) is 0 Å². The van der Waals surface area contributed by atoms with E-state index in [4.69, 9.17) is 0 Å². The molecule has 0 saturated heterocycles. The molecule has 6 nitrogen and oxygen atoms in total. The molecule has 0 unspecified atom stereocenters. The van der Waals surface area contributed by atoms with Gasteiger partial charge in [0.05, 0.1) is 18.0 Å². The van der Waals surface area contributed by atoms with E-state index in [9.17, 15) is 4.79 Å². The molecule has 0 bridgehead atoms. The molecule has 0 aliphatic rings. The van der Waals surface area contributed by atoms with Crippen molar-refractivity contribution in [2.75, 3.05) is 25.5 Å². The van der Waals surface area contributed by atoms with Crippen molar-refractivity contribution in [3.8, 4) is 10.7 Å². The highest BCUT2D eigenvalue weighted by Gasteiger charge is 2.16. The van der Waals surface area contributed by atoms with Gasteiger partial charge in [-0.1, -0.05) is 24.3 Å². The Bertz CT molecular complexity index is 782. The summed E-state index contributed by atoms with van der Waals surface area (Å²) in [6, 6.07) is 13.8. The highest BCUT2D eigenvalue weighted by Crippen LogP contribution is 2.21. The van der Waals surface area contributed by atoms with Crippen molar-refractivity contribution in [2.24, 2.45) is 0 Å². The first-order chi connectivity index (χ1) is 11.6. The zero-order valence-corrected chi connectivity index (χ0v) is 14.5. The maximum absolute atomic E-state index is 12.1. The number of nitrogens with zero attached hydrogens (tertiary/aromatic N) is 4. The summed E-state index contributed by atoms with van der Waals surface area (Å²) in [5.74, 6) is 1.46. The van der Waals surface area contributed by atoms with Crippen molar-refractivity contribution in [2.45, 2.75) is 6.54 Å². The Balaban J connectivity index is 1.80. The van der Waals surface area contributed by atoms with Gasteiger partial charge >= 0.3 is 0 Å². The van der Waals surface area contributed by atoms with Gasteiger partial charge in [-0.3, -0.25) is 9.89 Å².